The number of benzene rings is 2. The van der Waals surface area contributed by atoms with Crippen LogP contribution in [-0.4, -0.2) is 23.3 Å². The molecule has 0 radical (unpaired) electrons. The lowest BCUT2D eigenvalue weighted by Crippen LogP contribution is -2.20. The molecule has 1 heterocycles. The number of hydrogen-bond acceptors (Lipinski definition) is 5. The van der Waals surface area contributed by atoms with Crippen molar-refractivity contribution in [1.82, 2.24) is 4.98 Å². The van der Waals surface area contributed by atoms with Crippen LogP contribution in [0.5, 0.6) is 5.75 Å². The molecule has 0 fully saturated rings. The highest BCUT2D eigenvalue weighted by molar-refractivity contribution is 7.16. The molecule has 3 aromatic rings. The summed E-state index contributed by atoms with van der Waals surface area (Å²) in [6.07, 6.45) is 0.440. The van der Waals surface area contributed by atoms with Crippen LogP contribution in [-0.2, 0) is 4.79 Å². The number of nitrogens with one attached hydrogen (secondary N) is 1. The number of amides is 1. The van der Waals surface area contributed by atoms with Crippen LogP contribution in [0, 0.1) is 12.7 Å². The number of thiazole rings is 1. The summed E-state index contributed by atoms with van der Waals surface area (Å²) in [6.45, 7) is 3.52. The maximum atomic E-state index is 13.1. The molecule has 1 aromatic heterocycles. The van der Waals surface area contributed by atoms with E-state index in [0.717, 1.165) is 10.4 Å². The molecule has 0 bridgehead atoms. The van der Waals surface area contributed by atoms with E-state index >= 15 is 0 Å². The van der Waals surface area contributed by atoms with Gasteiger partial charge in [-0.15, -0.1) is 11.3 Å². The summed E-state index contributed by atoms with van der Waals surface area (Å²) in [5.41, 5.74) is 2.11. The smallest absolute Gasteiger partial charge is 0.264 e. The zero-order valence-corrected chi connectivity index (χ0v) is 16.3. The van der Waals surface area contributed by atoms with Gasteiger partial charge in [-0.1, -0.05) is 6.92 Å². The first-order valence-electron chi connectivity index (χ1n) is 8.75. The topological polar surface area (TPSA) is 68.3 Å². The Morgan fingerprint density at radius 1 is 1.11 bits per heavy atom. The number of aryl methyl sites for hydroxylation is 1. The summed E-state index contributed by atoms with van der Waals surface area (Å²) in [7, 11) is 0. The highest BCUT2D eigenvalue weighted by Crippen LogP contribution is 2.30. The van der Waals surface area contributed by atoms with E-state index in [9.17, 15) is 14.0 Å². The molecule has 3 rings (SSSR count). The number of carbonyl (C=O) groups is 2. The normalized spacial score (nSPS) is 10.5. The van der Waals surface area contributed by atoms with Gasteiger partial charge in [-0.2, -0.15) is 0 Å². The number of halogens is 1. The molecule has 0 spiro atoms. The van der Waals surface area contributed by atoms with Crippen molar-refractivity contribution in [2.45, 2.75) is 20.3 Å². The lowest BCUT2D eigenvalue weighted by Gasteiger charge is -2.06. The SMILES string of the molecule is CCC(=O)c1ccc(OCC(=O)Nc2nc(-c3ccc(F)cc3)c(C)s2)cc1. The highest BCUT2D eigenvalue weighted by Gasteiger charge is 2.13. The number of aromatic nitrogens is 1. The second-order valence-electron chi connectivity index (χ2n) is 6.07. The van der Waals surface area contributed by atoms with E-state index in [1.807, 2.05) is 6.92 Å². The van der Waals surface area contributed by atoms with Crippen molar-refractivity contribution in [3.05, 3.63) is 64.8 Å². The molecule has 0 aliphatic carbocycles. The van der Waals surface area contributed by atoms with Gasteiger partial charge in [-0.25, -0.2) is 9.37 Å². The fraction of sp³-hybridized carbons (Fsp3) is 0.190. The van der Waals surface area contributed by atoms with E-state index in [-0.39, 0.29) is 24.1 Å². The Bertz CT molecular complexity index is 982. The fourth-order valence-electron chi connectivity index (χ4n) is 2.57. The van der Waals surface area contributed by atoms with E-state index in [1.165, 1.54) is 23.5 Å². The van der Waals surface area contributed by atoms with Crippen molar-refractivity contribution >= 4 is 28.2 Å². The van der Waals surface area contributed by atoms with Crippen molar-refractivity contribution in [3.63, 3.8) is 0 Å². The van der Waals surface area contributed by atoms with Gasteiger partial charge in [0.2, 0.25) is 0 Å². The maximum Gasteiger partial charge on any atom is 0.264 e. The predicted octanol–water partition coefficient (Wildman–Crippen LogP) is 4.87. The third-order valence-electron chi connectivity index (χ3n) is 4.03. The molecule has 0 aliphatic rings. The lowest BCUT2D eigenvalue weighted by atomic mass is 10.1. The first-order chi connectivity index (χ1) is 13.5. The first kappa shape index (κ1) is 19.7. The Balaban J connectivity index is 1.58. The lowest BCUT2D eigenvalue weighted by molar-refractivity contribution is -0.118. The molecule has 0 atom stereocenters. The molecular formula is C21H19FN2O3S. The molecule has 1 amide bonds. The van der Waals surface area contributed by atoms with Gasteiger partial charge in [0, 0.05) is 22.4 Å². The highest BCUT2D eigenvalue weighted by atomic mass is 32.1. The number of hydrogen-bond donors (Lipinski definition) is 1. The van der Waals surface area contributed by atoms with Gasteiger partial charge in [0.05, 0.1) is 5.69 Å². The summed E-state index contributed by atoms with van der Waals surface area (Å²) < 4.78 is 18.5. The van der Waals surface area contributed by atoms with Crippen LogP contribution >= 0.6 is 11.3 Å². The van der Waals surface area contributed by atoms with Gasteiger partial charge in [0.25, 0.3) is 5.91 Å². The molecular weight excluding hydrogens is 379 g/mol. The minimum Gasteiger partial charge on any atom is -0.484 e. The van der Waals surface area contributed by atoms with E-state index in [1.54, 1.807) is 43.3 Å². The number of carbonyl (C=O) groups excluding carboxylic acids is 2. The number of nitrogens with zero attached hydrogens (tertiary/aromatic N) is 1. The Labute approximate surface area is 166 Å². The number of ether oxygens (including phenoxy) is 1. The van der Waals surface area contributed by atoms with E-state index < -0.39 is 0 Å². The minimum atomic E-state index is -0.340. The van der Waals surface area contributed by atoms with E-state index in [4.69, 9.17) is 4.74 Å². The van der Waals surface area contributed by atoms with Crippen LogP contribution in [0.15, 0.2) is 48.5 Å². The van der Waals surface area contributed by atoms with Crippen LogP contribution in [0.3, 0.4) is 0 Å². The minimum absolute atomic E-state index is 0.0559. The van der Waals surface area contributed by atoms with Crippen LogP contribution < -0.4 is 10.1 Å². The van der Waals surface area contributed by atoms with Gasteiger partial charge in [-0.05, 0) is 55.5 Å². The largest absolute Gasteiger partial charge is 0.484 e. The standard InChI is InChI=1S/C21H19FN2O3S/c1-3-18(25)14-6-10-17(11-7-14)27-12-19(26)23-21-24-20(13(2)28-21)15-4-8-16(22)9-5-15/h4-11H,3,12H2,1-2H3,(H,23,24,26). The van der Waals surface area contributed by atoms with E-state index in [0.29, 0.717) is 28.6 Å². The van der Waals surface area contributed by atoms with Crippen molar-refractivity contribution < 1.29 is 18.7 Å². The second kappa shape index (κ2) is 8.75. The number of Topliss-reactive ketones (excluding diaryl/α,β-unsaturated/α-hetero) is 1. The Hall–Kier alpha value is -3.06. The van der Waals surface area contributed by atoms with Crippen LogP contribution in [0.25, 0.3) is 11.3 Å². The van der Waals surface area contributed by atoms with Gasteiger partial charge in [-0.3, -0.25) is 14.9 Å². The Kier molecular flexibility index (Phi) is 6.16. The molecule has 1 N–H and O–H groups in total. The average molecular weight is 398 g/mol. The van der Waals surface area contributed by atoms with Gasteiger partial charge < -0.3 is 4.74 Å². The summed E-state index contributed by atoms with van der Waals surface area (Å²) in [5.74, 6) is -0.0898. The monoisotopic (exact) mass is 398 g/mol. The molecule has 2 aromatic carbocycles. The zero-order valence-electron chi connectivity index (χ0n) is 15.5. The molecule has 5 nitrogen and oxygen atoms in total. The first-order valence-corrected chi connectivity index (χ1v) is 9.57. The second-order valence-corrected chi connectivity index (χ2v) is 7.27. The van der Waals surface area contributed by atoms with Crippen LogP contribution in [0.1, 0.15) is 28.6 Å². The third-order valence-corrected chi connectivity index (χ3v) is 4.91. The van der Waals surface area contributed by atoms with Gasteiger partial charge >= 0.3 is 0 Å². The summed E-state index contributed by atoms with van der Waals surface area (Å²) in [4.78, 5) is 29.1. The summed E-state index contributed by atoms with van der Waals surface area (Å²) in [6, 6.07) is 12.7. The number of rotatable bonds is 7. The van der Waals surface area contributed by atoms with Crippen LogP contribution in [0.4, 0.5) is 9.52 Å². The average Bonchev–Trinajstić information content (AvgIpc) is 3.06. The summed E-state index contributed by atoms with van der Waals surface area (Å²) >= 11 is 1.34. The molecule has 0 unspecified atom stereocenters. The van der Waals surface area contributed by atoms with E-state index in [2.05, 4.69) is 10.3 Å². The molecule has 0 saturated carbocycles. The maximum absolute atomic E-state index is 13.1. The van der Waals surface area contributed by atoms with Crippen molar-refractivity contribution in [2.24, 2.45) is 0 Å². The van der Waals surface area contributed by atoms with Gasteiger partial charge in [0.15, 0.2) is 17.5 Å². The fourth-order valence-corrected chi connectivity index (χ4v) is 3.42. The van der Waals surface area contributed by atoms with Crippen LogP contribution in [0.2, 0.25) is 0 Å². The molecule has 28 heavy (non-hydrogen) atoms. The third kappa shape index (κ3) is 4.80. The molecule has 0 aliphatic heterocycles. The number of anilines is 1. The Morgan fingerprint density at radius 2 is 1.79 bits per heavy atom. The molecule has 7 heteroatoms. The summed E-state index contributed by atoms with van der Waals surface area (Å²) in [5, 5.41) is 3.16. The number of ketones is 1. The Morgan fingerprint density at radius 3 is 2.43 bits per heavy atom. The van der Waals surface area contributed by atoms with Crippen molar-refractivity contribution in [3.8, 4) is 17.0 Å². The zero-order chi connectivity index (χ0) is 20.1. The quantitative estimate of drug-likeness (QED) is 0.577. The van der Waals surface area contributed by atoms with Crippen molar-refractivity contribution in [2.75, 3.05) is 11.9 Å². The predicted molar refractivity (Wildman–Crippen MR) is 107 cm³/mol. The van der Waals surface area contributed by atoms with Gasteiger partial charge in [0.1, 0.15) is 11.6 Å². The molecule has 0 saturated heterocycles. The van der Waals surface area contributed by atoms with Crippen molar-refractivity contribution in [1.29, 1.82) is 0 Å². The molecule has 144 valence electrons.